The lowest BCUT2D eigenvalue weighted by Crippen LogP contribution is -2.42. The van der Waals surface area contributed by atoms with Gasteiger partial charge in [-0.05, 0) is 30.7 Å². The van der Waals surface area contributed by atoms with E-state index in [4.69, 9.17) is 11.6 Å². The van der Waals surface area contributed by atoms with Crippen LogP contribution in [0.5, 0.6) is 0 Å². The Hall–Kier alpha value is -1.10. The highest BCUT2D eigenvalue weighted by Crippen LogP contribution is 2.40. The van der Waals surface area contributed by atoms with Gasteiger partial charge in [-0.1, -0.05) is 47.6 Å². The molecule has 10 heteroatoms. The number of amidine groups is 1. The molecular formula is C19H23BrClN3O3S2. The van der Waals surface area contributed by atoms with Crippen LogP contribution in [0, 0.1) is 6.92 Å². The number of aryl methyl sites for hydroxylation is 1. The number of hydrogen-bond acceptors (Lipinski definition) is 5. The summed E-state index contributed by atoms with van der Waals surface area (Å²) in [5.74, 6) is 0.317. The Labute approximate surface area is 191 Å². The van der Waals surface area contributed by atoms with Crippen molar-refractivity contribution in [3.8, 4) is 0 Å². The molecule has 1 aliphatic rings. The molecule has 2 aromatic rings. The molecule has 1 atom stereocenters. The molecule has 1 unspecified atom stereocenters. The zero-order valence-electron chi connectivity index (χ0n) is 16.5. The van der Waals surface area contributed by atoms with Crippen molar-refractivity contribution in [3.63, 3.8) is 0 Å². The number of hydrogen-bond donors (Lipinski definition) is 1. The summed E-state index contributed by atoms with van der Waals surface area (Å²) in [6.07, 6.45) is 0. The lowest BCUT2D eigenvalue weighted by molar-refractivity contribution is -0.0349. The first-order valence-corrected chi connectivity index (χ1v) is 11.3. The second-order valence-corrected chi connectivity index (χ2v) is 10.2. The van der Waals surface area contributed by atoms with Crippen LogP contribution in [0.15, 0.2) is 52.4 Å². The topological polar surface area (TPSA) is 73.2 Å². The van der Waals surface area contributed by atoms with Crippen molar-refractivity contribution in [1.82, 2.24) is 9.21 Å². The third kappa shape index (κ3) is 4.50. The smallest absolute Gasteiger partial charge is 0.244 e. The molecule has 0 aromatic heterocycles. The standard InChI is InChI=1S/C19H22ClN3O3S2.BrH/c1-13-7-5-6-8-16(13)21-18-23(4)19(24,12-27-18)14-9-10-15(20)17(11-14)28(25,26)22(2)3;/h5-11,24H,12H2,1-4H3;1H. The van der Waals surface area contributed by atoms with Crippen molar-refractivity contribution in [1.29, 1.82) is 0 Å². The van der Waals surface area contributed by atoms with Crippen LogP contribution in [-0.2, 0) is 15.7 Å². The van der Waals surface area contributed by atoms with Gasteiger partial charge in [0.2, 0.25) is 10.0 Å². The number of benzene rings is 2. The molecule has 29 heavy (non-hydrogen) atoms. The molecule has 1 saturated heterocycles. The Bertz CT molecular complexity index is 1050. The first kappa shape index (κ1) is 24.2. The molecule has 0 saturated carbocycles. The van der Waals surface area contributed by atoms with Gasteiger partial charge in [0.15, 0.2) is 10.9 Å². The van der Waals surface area contributed by atoms with Crippen LogP contribution in [0.4, 0.5) is 5.69 Å². The first-order valence-electron chi connectivity index (χ1n) is 8.53. The van der Waals surface area contributed by atoms with E-state index in [-0.39, 0.29) is 26.9 Å². The van der Waals surface area contributed by atoms with Gasteiger partial charge in [-0.25, -0.2) is 17.7 Å². The summed E-state index contributed by atoms with van der Waals surface area (Å²) in [6.45, 7) is 1.97. The molecule has 0 radical (unpaired) electrons. The Morgan fingerprint density at radius 1 is 1.24 bits per heavy atom. The predicted molar refractivity (Wildman–Crippen MR) is 125 cm³/mol. The molecular weight excluding hydrogens is 498 g/mol. The van der Waals surface area contributed by atoms with E-state index in [1.54, 1.807) is 18.0 Å². The highest BCUT2D eigenvalue weighted by atomic mass is 79.9. The van der Waals surface area contributed by atoms with Crippen LogP contribution in [0.25, 0.3) is 0 Å². The lowest BCUT2D eigenvalue weighted by atomic mass is 10.0. The van der Waals surface area contributed by atoms with Gasteiger partial charge in [-0.15, -0.1) is 17.0 Å². The van der Waals surface area contributed by atoms with Gasteiger partial charge >= 0.3 is 0 Å². The van der Waals surface area contributed by atoms with Crippen LogP contribution >= 0.6 is 40.3 Å². The number of sulfonamides is 1. The van der Waals surface area contributed by atoms with E-state index >= 15 is 0 Å². The molecule has 1 heterocycles. The number of nitrogens with zero attached hydrogens (tertiary/aromatic N) is 3. The molecule has 1 fully saturated rings. The second kappa shape index (κ2) is 8.95. The summed E-state index contributed by atoms with van der Waals surface area (Å²) in [5, 5.41) is 12.1. The number of rotatable bonds is 4. The highest BCUT2D eigenvalue weighted by molar-refractivity contribution is 8.93. The van der Waals surface area contributed by atoms with E-state index in [1.165, 1.54) is 38.0 Å². The van der Waals surface area contributed by atoms with E-state index in [1.807, 2.05) is 31.2 Å². The van der Waals surface area contributed by atoms with E-state index in [9.17, 15) is 13.5 Å². The van der Waals surface area contributed by atoms with Gasteiger partial charge in [0.25, 0.3) is 0 Å². The predicted octanol–water partition coefficient (Wildman–Crippen LogP) is 3.99. The largest absolute Gasteiger partial charge is 0.366 e. The minimum atomic E-state index is -3.74. The number of aliphatic imine (C=N–C) groups is 1. The quantitative estimate of drug-likeness (QED) is 0.660. The molecule has 6 nitrogen and oxygen atoms in total. The second-order valence-electron chi connectivity index (χ2n) is 6.78. The molecule has 1 N–H and O–H groups in total. The fourth-order valence-corrected chi connectivity index (χ4v) is 5.43. The van der Waals surface area contributed by atoms with Crippen molar-refractivity contribution in [2.75, 3.05) is 26.9 Å². The SMILES string of the molecule is Br.Cc1ccccc1N=C1SCC(O)(c2ccc(Cl)c(S(=O)(=O)N(C)C)c2)N1C. The van der Waals surface area contributed by atoms with Gasteiger partial charge in [-0.2, -0.15) is 0 Å². The Balaban J connectivity index is 0.00000300. The van der Waals surface area contributed by atoms with Gasteiger partial charge in [0.1, 0.15) is 4.90 Å². The molecule has 2 aromatic carbocycles. The Morgan fingerprint density at radius 3 is 2.52 bits per heavy atom. The van der Waals surface area contributed by atoms with E-state index in [2.05, 4.69) is 4.99 Å². The average Bonchev–Trinajstić information content (AvgIpc) is 2.93. The van der Waals surface area contributed by atoms with Crippen molar-refractivity contribution in [3.05, 3.63) is 58.6 Å². The summed E-state index contributed by atoms with van der Waals surface area (Å²) in [4.78, 5) is 6.30. The molecule has 1 aliphatic heterocycles. The minimum Gasteiger partial charge on any atom is -0.366 e. The minimum absolute atomic E-state index is 0. The third-order valence-corrected chi connectivity index (χ3v) is 8.19. The lowest BCUT2D eigenvalue weighted by Gasteiger charge is -2.31. The number of halogens is 2. The first-order chi connectivity index (χ1) is 13.1. The normalized spacial score (nSPS) is 20.9. The summed E-state index contributed by atoms with van der Waals surface area (Å²) in [6, 6.07) is 12.3. The molecule has 0 aliphatic carbocycles. The number of aliphatic hydroxyl groups is 1. The number of para-hydroxylation sites is 1. The average molecular weight is 521 g/mol. The fraction of sp³-hybridized carbons (Fsp3) is 0.316. The summed E-state index contributed by atoms with van der Waals surface area (Å²) < 4.78 is 26.2. The zero-order valence-corrected chi connectivity index (χ0v) is 20.6. The highest BCUT2D eigenvalue weighted by Gasteiger charge is 2.43. The van der Waals surface area contributed by atoms with Crippen LogP contribution in [-0.4, -0.2) is 54.8 Å². The zero-order chi connectivity index (χ0) is 20.7. The molecule has 158 valence electrons. The summed E-state index contributed by atoms with van der Waals surface area (Å²) >= 11 is 7.55. The van der Waals surface area contributed by atoms with Crippen LogP contribution < -0.4 is 0 Å². The fourth-order valence-electron chi connectivity index (χ4n) is 2.84. The van der Waals surface area contributed by atoms with Gasteiger partial charge in [-0.3, -0.25) is 0 Å². The van der Waals surface area contributed by atoms with Crippen molar-refractivity contribution in [2.24, 2.45) is 4.99 Å². The Kier molecular flexibility index (Phi) is 7.46. The van der Waals surface area contributed by atoms with Crippen molar-refractivity contribution in [2.45, 2.75) is 17.5 Å². The van der Waals surface area contributed by atoms with Crippen LogP contribution in [0.2, 0.25) is 5.02 Å². The van der Waals surface area contributed by atoms with Gasteiger partial charge in [0, 0.05) is 26.7 Å². The van der Waals surface area contributed by atoms with E-state index in [0.717, 1.165) is 15.6 Å². The molecule has 0 spiro atoms. The number of thioether (sulfide) groups is 1. The van der Waals surface area contributed by atoms with E-state index < -0.39 is 15.7 Å². The Morgan fingerprint density at radius 2 is 1.90 bits per heavy atom. The van der Waals surface area contributed by atoms with Gasteiger partial charge < -0.3 is 10.0 Å². The maximum absolute atomic E-state index is 12.6. The summed E-state index contributed by atoms with van der Waals surface area (Å²) in [7, 11) is 0.889. The monoisotopic (exact) mass is 519 g/mol. The van der Waals surface area contributed by atoms with E-state index in [0.29, 0.717) is 16.5 Å². The van der Waals surface area contributed by atoms with Crippen molar-refractivity contribution < 1.29 is 13.5 Å². The summed E-state index contributed by atoms with van der Waals surface area (Å²) in [5.41, 5.74) is 0.911. The van der Waals surface area contributed by atoms with Crippen LogP contribution in [0.3, 0.4) is 0 Å². The van der Waals surface area contributed by atoms with Crippen LogP contribution in [0.1, 0.15) is 11.1 Å². The third-order valence-electron chi connectivity index (χ3n) is 4.73. The van der Waals surface area contributed by atoms with Crippen molar-refractivity contribution >= 4 is 61.2 Å². The molecule has 0 bridgehead atoms. The molecule has 3 rings (SSSR count). The maximum atomic E-state index is 12.6. The molecule has 0 amide bonds. The maximum Gasteiger partial charge on any atom is 0.244 e. The van der Waals surface area contributed by atoms with Gasteiger partial charge in [0.05, 0.1) is 16.5 Å².